The Morgan fingerprint density at radius 1 is 1.44 bits per heavy atom. The largest absolute Gasteiger partial charge is 0.327 e. The van der Waals surface area contributed by atoms with E-state index in [1.54, 1.807) is 18.2 Å². The summed E-state index contributed by atoms with van der Waals surface area (Å²) in [7, 11) is 0. The first-order chi connectivity index (χ1) is 8.58. The molecule has 2 amide bonds. The Labute approximate surface area is 111 Å². The van der Waals surface area contributed by atoms with Gasteiger partial charge in [0.2, 0.25) is 11.8 Å². The van der Waals surface area contributed by atoms with Crippen molar-refractivity contribution in [3.8, 4) is 0 Å². The first kappa shape index (κ1) is 13.1. The van der Waals surface area contributed by atoms with Crippen molar-refractivity contribution in [2.75, 3.05) is 6.54 Å². The lowest BCUT2D eigenvalue weighted by Crippen LogP contribution is -2.47. The highest BCUT2D eigenvalue weighted by Crippen LogP contribution is 2.18. The molecule has 1 aliphatic heterocycles. The molecular formula is C13H15ClN2O2. The molecule has 1 unspecified atom stereocenters. The second-order valence-electron chi connectivity index (χ2n) is 4.46. The number of piperidine rings is 1. The molecule has 0 aliphatic carbocycles. The Balaban J connectivity index is 2.04. The molecule has 18 heavy (non-hydrogen) atoms. The molecule has 1 heterocycles. The van der Waals surface area contributed by atoms with Gasteiger partial charge in [-0.1, -0.05) is 29.8 Å². The number of imide groups is 1. The zero-order valence-electron chi connectivity index (χ0n) is 9.93. The summed E-state index contributed by atoms with van der Waals surface area (Å²) in [5, 5.41) is 0.548. The highest BCUT2D eigenvalue weighted by Gasteiger charge is 2.28. The van der Waals surface area contributed by atoms with E-state index in [2.05, 4.69) is 0 Å². The van der Waals surface area contributed by atoms with E-state index in [0.717, 1.165) is 5.56 Å². The molecule has 1 aromatic rings. The third-order valence-corrected chi connectivity index (χ3v) is 3.43. The SMILES string of the molecule is NC1CCN(C(=O)Cc2ccccc2Cl)C(=O)C1. The van der Waals surface area contributed by atoms with Crippen molar-refractivity contribution in [1.29, 1.82) is 0 Å². The van der Waals surface area contributed by atoms with Gasteiger partial charge in [0.05, 0.1) is 6.42 Å². The summed E-state index contributed by atoms with van der Waals surface area (Å²) >= 11 is 5.99. The molecule has 0 aromatic heterocycles. The molecule has 4 nitrogen and oxygen atoms in total. The molecule has 0 spiro atoms. The van der Waals surface area contributed by atoms with Gasteiger partial charge in [-0.2, -0.15) is 0 Å². The van der Waals surface area contributed by atoms with E-state index in [9.17, 15) is 9.59 Å². The summed E-state index contributed by atoms with van der Waals surface area (Å²) in [5.74, 6) is -0.397. The number of carbonyl (C=O) groups is 2. The first-order valence-electron chi connectivity index (χ1n) is 5.90. The zero-order chi connectivity index (χ0) is 13.1. The lowest BCUT2D eigenvalue weighted by atomic mass is 10.0. The molecule has 1 saturated heterocycles. The van der Waals surface area contributed by atoms with Gasteiger partial charge in [0.15, 0.2) is 0 Å². The van der Waals surface area contributed by atoms with Crippen LogP contribution in [0.4, 0.5) is 0 Å². The summed E-state index contributed by atoms with van der Waals surface area (Å²) in [5.41, 5.74) is 6.43. The second-order valence-corrected chi connectivity index (χ2v) is 4.87. The van der Waals surface area contributed by atoms with Crippen LogP contribution in [0.1, 0.15) is 18.4 Å². The summed E-state index contributed by atoms with van der Waals surface area (Å²) in [6.07, 6.45) is 1.06. The fraction of sp³-hybridized carbons (Fsp3) is 0.385. The van der Waals surface area contributed by atoms with Crippen LogP contribution in [-0.4, -0.2) is 29.3 Å². The topological polar surface area (TPSA) is 63.4 Å². The lowest BCUT2D eigenvalue weighted by molar-refractivity contribution is -0.146. The maximum absolute atomic E-state index is 12.0. The van der Waals surface area contributed by atoms with Crippen LogP contribution in [0, 0.1) is 0 Å². The van der Waals surface area contributed by atoms with E-state index in [-0.39, 0.29) is 30.7 Å². The predicted molar refractivity (Wildman–Crippen MR) is 69.1 cm³/mol. The van der Waals surface area contributed by atoms with E-state index in [4.69, 9.17) is 17.3 Å². The minimum Gasteiger partial charge on any atom is -0.327 e. The van der Waals surface area contributed by atoms with E-state index < -0.39 is 0 Å². The highest BCUT2D eigenvalue weighted by atomic mass is 35.5. The van der Waals surface area contributed by atoms with Gasteiger partial charge in [-0.05, 0) is 18.1 Å². The molecule has 0 bridgehead atoms. The first-order valence-corrected chi connectivity index (χ1v) is 6.28. The van der Waals surface area contributed by atoms with Crippen molar-refractivity contribution >= 4 is 23.4 Å². The Kier molecular flexibility index (Phi) is 3.99. The Morgan fingerprint density at radius 3 is 2.83 bits per heavy atom. The van der Waals surface area contributed by atoms with Crippen LogP contribution in [0.5, 0.6) is 0 Å². The summed E-state index contributed by atoms with van der Waals surface area (Å²) in [4.78, 5) is 25.0. The van der Waals surface area contributed by atoms with Crippen molar-refractivity contribution in [3.63, 3.8) is 0 Å². The van der Waals surface area contributed by atoms with Gasteiger partial charge >= 0.3 is 0 Å². The van der Waals surface area contributed by atoms with E-state index in [1.807, 2.05) is 6.07 Å². The molecule has 1 aromatic carbocycles. The van der Waals surface area contributed by atoms with Crippen molar-refractivity contribution in [2.24, 2.45) is 5.73 Å². The van der Waals surface area contributed by atoms with E-state index >= 15 is 0 Å². The summed E-state index contributed by atoms with van der Waals surface area (Å²) < 4.78 is 0. The summed E-state index contributed by atoms with van der Waals surface area (Å²) in [6, 6.07) is 7.03. The van der Waals surface area contributed by atoms with E-state index in [1.165, 1.54) is 4.90 Å². The number of hydrogen-bond donors (Lipinski definition) is 1. The summed E-state index contributed by atoms with van der Waals surface area (Å²) in [6.45, 7) is 0.406. The number of amides is 2. The van der Waals surface area contributed by atoms with Crippen LogP contribution in [0.25, 0.3) is 0 Å². The number of halogens is 1. The van der Waals surface area contributed by atoms with Gasteiger partial charge in [-0.3, -0.25) is 14.5 Å². The molecular weight excluding hydrogens is 252 g/mol. The number of nitrogens with two attached hydrogens (primary N) is 1. The van der Waals surface area contributed by atoms with Crippen molar-refractivity contribution in [3.05, 3.63) is 34.9 Å². The van der Waals surface area contributed by atoms with Crippen molar-refractivity contribution in [1.82, 2.24) is 4.90 Å². The lowest BCUT2D eigenvalue weighted by Gasteiger charge is -2.28. The number of nitrogens with zero attached hydrogens (tertiary/aromatic N) is 1. The van der Waals surface area contributed by atoms with Gasteiger partial charge in [-0.15, -0.1) is 0 Å². The second kappa shape index (κ2) is 5.50. The molecule has 1 aliphatic rings. The Hall–Kier alpha value is -1.39. The molecule has 96 valence electrons. The number of benzene rings is 1. The fourth-order valence-electron chi connectivity index (χ4n) is 2.02. The smallest absolute Gasteiger partial charge is 0.233 e. The van der Waals surface area contributed by atoms with Gasteiger partial charge < -0.3 is 5.73 Å². The minimum absolute atomic E-state index is 0.123. The van der Waals surface area contributed by atoms with E-state index in [0.29, 0.717) is 18.0 Å². The van der Waals surface area contributed by atoms with Crippen LogP contribution in [0.15, 0.2) is 24.3 Å². The average Bonchev–Trinajstić information content (AvgIpc) is 2.32. The Bertz CT molecular complexity index is 476. The zero-order valence-corrected chi connectivity index (χ0v) is 10.7. The maximum atomic E-state index is 12.0. The van der Waals surface area contributed by atoms with Crippen LogP contribution < -0.4 is 5.73 Å². The Morgan fingerprint density at radius 2 is 2.17 bits per heavy atom. The fourth-order valence-corrected chi connectivity index (χ4v) is 2.22. The monoisotopic (exact) mass is 266 g/mol. The normalized spacial score (nSPS) is 20.0. The third kappa shape index (κ3) is 2.89. The van der Waals surface area contributed by atoms with Crippen LogP contribution in [-0.2, 0) is 16.0 Å². The molecule has 1 fully saturated rings. The van der Waals surface area contributed by atoms with Gasteiger partial charge in [-0.25, -0.2) is 0 Å². The minimum atomic E-state index is -0.208. The quantitative estimate of drug-likeness (QED) is 0.879. The number of rotatable bonds is 2. The third-order valence-electron chi connectivity index (χ3n) is 3.06. The van der Waals surface area contributed by atoms with Crippen molar-refractivity contribution < 1.29 is 9.59 Å². The van der Waals surface area contributed by atoms with Gasteiger partial charge in [0.1, 0.15) is 0 Å². The number of likely N-dealkylation sites (tertiary alicyclic amines) is 1. The highest BCUT2D eigenvalue weighted by molar-refractivity contribution is 6.31. The number of carbonyl (C=O) groups excluding carboxylic acids is 2. The standard InChI is InChI=1S/C13H15ClN2O2/c14-11-4-2-1-3-9(11)7-12(17)16-6-5-10(15)8-13(16)18/h1-4,10H,5-8,15H2. The van der Waals surface area contributed by atoms with Crippen LogP contribution >= 0.6 is 11.6 Å². The van der Waals surface area contributed by atoms with Gasteiger partial charge in [0, 0.05) is 24.0 Å². The average molecular weight is 267 g/mol. The molecule has 1 atom stereocenters. The van der Waals surface area contributed by atoms with Crippen molar-refractivity contribution in [2.45, 2.75) is 25.3 Å². The molecule has 2 N–H and O–H groups in total. The molecule has 0 radical (unpaired) electrons. The molecule has 5 heteroatoms. The predicted octanol–water partition coefficient (Wildman–Crippen LogP) is 1.36. The van der Waals surface area contributed by atoms with Crippen LogP contribution in [0.3, 0.4) is 0 Å². The maximum Gasteiger partial charge on any atom is 0.233 e. The molecule has 0 saturated carbocycles. The van der Waals surface area contributed by atoms with Gasteiger partial charge in [0.25, 0.3) is 0 Å². The molecule has 2 rings (SSSR count). The van der Waals surface area contributed by atoms with Crippen LogP contribution in [0.2, 0.25) is 5.02 Å². The number of hydrogen-bond acceptors (Lipinski definition) is 3.